The van der Waals surface area contributed by atoms with Gasteiger partial charge in [-0.1, -0.05) is 6.92 Å². The Labute approximate surface area is 103 Å². The predicted octanol–water partition coefficient (Wildman–Crippen LogP) is 2.80. The lowest BCUT2D eigenvalue weighted by atomic mass is 10.3. The van der Waals surface area contributed by atoms with Crippen molar-refractivity contribution in [1.29, 1.82) is 0 Å². The van der Waals surface area contributed by atoms with Crippen LogP contribution in [-0.4, -0.2) is 20.0 Å². The van der Waals surface area contributed by atoms with Gasteiger partial charge in [0.15, 0.2) is 0 Å². The molecule has 1 N–H and O–H groups in total. The molecule has 1 fully saturated rings. The molecule has 0 aliphatic heterocycles. The number of halogens is 3. The Bertz CT molecular complexity index is 536. The first-order valence-electron chi connectivity index (χ1n) is 5.40. The molecule has 18 heavy (non-hydrogen) atoms. The van der Waals surface area contributed by atoms with Gasteiger partial charge in [0.05, 0.1) is 4.90 Å². The summed E-state index contributed by atoms with van der Waals surface area (Å²) < 4.78 is 59.1. The van der Waals surface area contributed by atoms with Gasteiger partial charge < -0.3 is 5.32 Å². The highest BCUT2D eigenvalue weighted by Gasteiger charge is 2.46. The number of benzene rings is 1. The van der Waals surface area contributed by atoms with Crippen LogP contribution in [0.3, 0.4) is 0 Å². The lowest BCUT2D eigenvalue weighted by molar-refractivity contribution is -0.0436. The summed E-state index contributed by atoms with van der Waals surface area (Å²) in [6, 6.07) is 4.97. The van der Waals surface area contributed by atoms with E-state index in [1.165, 1.54) is 12.1 Å². The molecule has 2 rings (SSSR count). The van der Waals surface area contributed by atoms with E-state index in [1.54, 1.807) is 0 Å². The second-order valence-electron chi connectivity index (χ2n) is 4.44. The monoisotopic (exact) mass is 279 g/mol. The molecular weight excluding hydrogens is 267 g/mol. The number of alkyl halides is 3. The van der Waals surface area contributed by atoms with Crippen molar-refractivity contribution in [1.82, 2.24) is 0 Å². The fourth-order valence-electron chi connectivity index (χ4n) is 1.60. The molecule has 3 nitrogen and oxygen atoms in total. The Kier molecular flexibility index (Phi) is 3.04. The minimum Gasteiger partial charge on any atom is -0.382 e. The molecule has 0 heterocycles. The topological polar surface area (TPSA) is 46.2 Å². The Balaban J connectivity index is 2.17. The molecule has 1 aromatic rings. The van der Waals surface area contributed by atoms with Crippen LogP contribution in [0.4, 0.5) is 18.9 Å². The molecule has 1 aliphatic carbocycles. The molecule has 0 spiro atoms. The molecule has 100 valence electrons. The van der Waals surface area contributed by atoms with E-state index >= 15 is 0 Å². The summed E-state index contributed by atoms with van der Waals surface area (Å²) in [7, 11) is -5.24. The molecule has 2 atom stereocenters. The van der Waals surface area contributed by atoms with Crippen LogP contribution < -0.4 is 5.32 Å². The van der Waals surface area contributed by atoms with Gasteiger partial charge in [-0.3, -0.25) is 0 Å². The number of hydrogen-bond donors (Lipinski definition) is 1. The SMILES string of the molecule is CC1CC1Nc1ccc(S(=O)(=O)C(F)(F)F)cc1. The molecule has 0 amide bonds. The highest BCUT2D eigenvalue weighted by atomic mass is 32.2. The van der Waals surface area contributed by atoms with E-state index < -0.39 is 20.2 Å². The van der Waals surface area contributed by atoms with Crippen molar-refractivity contribution in [2.75, 3.05) is 5.32 Å². The standard InChI is InChI=1S/C11H12F3NO2S/c1-7-6-10(7)15-8-2-4-9(5-3-8)18(16,17)11(12,13)14/h2-5,7,10,15H,6H2,1H3. The van der Waals surface area contributed by atoms with Crippen LogP contribution in [-0.2, 0) is 9.84 Å². The van der Waals surface area contributed by atoms with E-state index in [4.69, 9.17) is 0 Å². The predicted molar refractivity (Wildman–Crippen MR) is 60.9 cm³/mol. The van der Waals surface area contributed by atoms with Gasteiger partial charge in [0, 0.05) is 11.7 Å². The van der Waals surface area contributed by atoms with Crippen molar-refractivity contribution >= 4 is 15.5 Å². The number of anilines is 1. The summed E-state index contributed by atoms with van der Waals surface area (Å²) >= 11 is 0. The molecule has 0 aromatic heterocycles. The normalized spacial score (nSPS) is 23.8. The summed E-state index contributed by atoms with van der Waals surface area (Å²) in [6.07, 6.45) is 1.02. The Morgan fingerprint density at radius 3 is 2.11 bits per heavy atom. The molecule has 7 heteroatoms. The largest absolute Gasteiger partial charge is 0.501 e. The van der Waals surface area contributed by atoms with E-state index in [2.05, 4.69) is 12.2 Å². The summed E-state index contributed by atoms with van der Waals surface area (Å²) in [5.74, 6) is 0.545. The Morgan fingerprint density at radius 1 is 1.22 bits per heavy atom. The second-order valence-corrected chi connectivity index (χ2v) is 6.38. The molecule has 0 saturated heterocycles. The van der Waals surface area contributed by atoms with Crippen molar-refractivity contribution in [2.45, 2.75) is 29.8 Å². The van der Waals surface area contributed by atoms with Crippen LogP contribution in [0.15, 0.2) is 29.2 Å². The van der Waals surface area contributed by atoms with Gasteiger partial charge in [0.25, 0.3) is 9.84 Å². The van der Waals surface area contributed by atoms with Crippen LogP contribution in [0.25, 0.3) is 0 Å². The van der Waals surface area contributed by atoms with Crippen molar-refractivity contribution < 1.29 is 21.6 Å². The van der Waals surface area contributed by atoms with E-state index in [-0.39, 0.29) is 0 Å². The maximum atomic E-state index is 12.3. The zero-order valence-corrected chi connectivity index (χ0v) is 10.3. The van der Waals surface area contributed by atoms with E-state index in [1.807, 2.05) is 0 Å². The number of rotatable bonds is 3. The quantitative estimate of drug-likeness (QED) is 0.925. The third kappa shape index (κ3) is 2.45. The van der Waals surface area contributed by atoms with E-state index in [9.17, 15) is 21.6 Å². The van der Waals surface area contributed by atoms with Crippen molar-refractivity contribution in [2.24, 2.45) is 5.92 Å². The summed E-state index contributed by atoms with van der Waals surface area (Å²) in [5, 5.41) is 3.11. The first kappa shape index (κ1) is 13.2. The maximum Gasteiger partial charge on any atom is 0.501 e. The van der Waals surface area contributed by atoms with E-state index in [0.717, 1.165) is 18.6 Å². The fourth-order valence-corrected chi connectivity index (χ4v) is 2.36. The molecule has 0 bridgehead atoms. The Morgan fingerprint density at radius 2 is 1.72 bits per heavy atom. The van der Waals surface area contributed by atoms with Gasteiger partial charge in [-0.15, -0.1) is 0 Å². The molecule has 2 unspecified atom stereocenters. The molecule has 1 aromatic carbocycles. The summed E-state index contributed by atoms with van der Waals surface area (Å²) in [4.78, 5) is -0.732. The number of hydrogen-bond acceptors (Lipinski definition) is 3. The Hall–Kier alpha value is -1.24. The van der Waals surface area contributed by atoms with Crippen molar-refractivity contribution in [3.63, 3.8) is 0 Å². The van der Waals surface area contributed by atoms with Gasteiger partial charge in [0.2, 0.25) is 0 Å². The first-order valence-corrected chi connectivity index (χ1v) is 6.88. The van der Waals surface area contributed by atoms with Gasteiger partial charge in [-0.05, 0) is 36.6 Å². The van der Waals surface area contributed by atoms with Crippen LogP contribution in [0.1, 0.15) is 13.3 Å². The number of sulfone groups is 1. The van der Waals surface area contributed by atoms with Gasteiger partial charge in [-0.2, -0.15) is 13.2 Å². The van der Waals surface area contributed by atoms with Crippen molar-refractivity contribution in [3.05, 3.63) is 24.3 Å². The van der Waals surface area contributed by atoms with Crippen LogP contribution in [0.2, 0.25) is 0 Å². The smallest absolute Gasteiger partial charge is 0.382 e. The number of nitrogens with one attached hydrogen (secondary N) is 1. The second kappa shape index (κ2) is 4.15. The van der Waals surface area contributed by atoms with E-state index in [0.29, 0.717) is 17.6 Å². The minimum atomic E-state index is -5.26. The molecule has 1 saturated carbocycles. The highest BCUT2D eigenvalue weighted by Crippen LogP contribution is 2.34. The minimum absolute atomic E-state index is 0.329. The maximum absolute atomic E-state index is 12.3. The highest BCUT2D eigenvalue weighted by molar-refractivity contribution is 7.92. The van der Waals surface area contributed by atoms with Gasteiger partial charge in [0.1, 0.15) is 0 Å². The average molecular weight is 279 g/mol. The third-order valence-electron chi connectivity index (χ3n) is 2.93. The zero-order valence-electron chi connectivity index (χ0n) is 9.53. The molecule has 1 aliphatic rings. The lowest BCUT2D eigenvalue weighted by Gasteiger charge is -2.09. The van der Waals surface area contributed by atoms with Crippen LogP contribution in [0, 0.1) is 5.92 Å². The zero-order chi connectivity index (χ0) is 13.6. The summed E-state index contributed by atoms with van der Waals surface area (Å²) in [5.41, 5.74) is -4.63. The van der Waals surface area contributed by atoms with Crippen molar-refractivity contribution in [3.8, 4) is 0 Å². The fraction of sp³-hybridized carbons (Fsp3) is 0.455. The molecule has 0 radical (unpaired) electrons. The lowest BCUT2D eigenvalue weighted by Crippen LogP contribution is -2.23. The van der Waals surface area contributed by atoms with Crippen LogP contribution >= 0.6 is 0 Å². The van der Waals surface area contributed by atoms with Gasteiger partial charge in [-0.25, -0.2) is 8.42 Å². The first-order chi connectivity index (χ1) is 8.22. The molecular formula is C11H12F3NO2S. The average Bonchev–Trinajstić information content (AvgIpc) is 2.93. The third-order valence-corrected chi connectivity index (χ3v) is 4.43. The summed E-state index contributed by atoms with van der Waals surface area (Å²) in [6.45, 7) is 2.06. The van der Waals surface area contributed by atoms with Crippen LogP contribution in [0.5, 0.6) is 0 Å². The van der Waals surface area contributed by atoms with Gasteiger partial charge >= 0.3 is 5.51 Å².